The summed E-state index contributed by atoms with van der Waals surface area (Å²) >= 11 is 0. The number of rotatable bonds is 2. The fourth-order valence-electron chi connectivity index (χ4n) is 1.40. The predicted molar refractivity (Wildman–Crippen MR) is 56.0 cm³/mol. The topological polar surface area (TPSA) is 68.5 Å². The van der Waals surface area contributed by atoms with Crippen molar-refractivity contribution in [2.24, 2.45) is 0 Å². The molecule has 0 aromatic carbocycles. The van der Waals surface area contributed by atoms with Crippen LogP contribution in [0.5, 0.6) is 0 Å². The van der Waals surface area contributed by atoms with Gasteiger partial charge in [0.15, 0.2) is 5.82 Å². The van der Waals surface area contributed by atoms with E-state index in [0.29, 0.717) is 5.82 Å². The Morgan fingerprint density at radius 3 is 2.67 bits per heavy atom. The molecule has 0 aliphatic rings. The summed E-state index contributed by atoms with van der Waals surface area (Å²) in [5.74, 6) is 2.27. The van der Waals surface area contributed by atoms with E-state index in [2.05, 4.69) is 25.4 Å². The maximum atomic E-state index is 4.33. The summed E-state index contributed by atoms with van der Waals surface area (Å²) in [7, 11) is 1.83. The van der Waals surface area contributed by atoms with Crippen molar-refractivity contribution in [3.63, 3.8) is 0 Å². The molecule has 0 bridgehead atoms. The molecule has 2 aromatic rings. The minimum Gasteiger partial charge on any atom is -0.373 e. The number of nitrogens with one attached hydrogen (secondary N) is 1. The van der Waals surface area contributed by atoms with Crippen LogP contribution in [-0.2, 0) is 0 Å². The third-order valence-electron chi connectivity index (χ3n) is 2.10. The Balaban J connectivity index is 2.61. The molecule has 0 aliphatic carbocycles. The predicted octanol–water partition coefficient (Wildman–Crippen LogP) is 0.716. The summed E-state index contributed by atoms with van der Waals surface area (Å²) in [6.45, 7) is 3.79. The lowest BCUT2D eigenvalue weighted by Gasteiger charge is -2.09. The Labute approximate surface area is 87.4 Å². The van der Waals surface area contributed by atoms with Crippen LogP contribution in [0.4, 0.5) is 5.82 Å². The van der Waals surface area contributed by atoms with Crippen LogP contribution in [0.25, 0.3) is 5.82 Å². The largest absolute Gasteiger partial charge is 0.373 e. The van der Waals surface area contributed by atoms with Crippen LogP contribution in [0.15, 0.2) is 12.7 Å². The molecule has 6 nitrogen and oxygen atoms in total. The van der Waals surface area contributed by atoms with Crippen molar-refractivity contribution in [3.8, 4) is 5.82 Å². The lowest BCUT2D eigenvalue weighted by Crippen LogP contribution is -2.08. The number of nitrogens with zero attached hydrogens (tertiary/aromatic N) is 5. The molecular formula is C9H12N6. The van der Waals surface area contributed by atoms with Gasteiger partial charge in [-0.1, -0.05) is 0 Å². The second-order valence-electron chi connectivity index (χ2n) is 3.16. The quantitative estimate of drug-likeness (QED) is 0.780. The van der Waals surface area contributed by atoms with Crippen molar-refractivity contribution in [1.82, 2.24) is 24.7 Å². The van der Waals surface area contributed by atoms with E-state index in [1.54, 1.807) is 11.0 Å². The highest BCUT2D eigenvalue weighted by atomic mass is 15.3. The highest BCUT2D eigenvalue weighted by molar-refractivity contribution is 5.50. The van der Waals surface area contributed by atoms with Gasteiger partial charge >= 0.3 is 0 Å². The van der Waals surface area contributed by atoms with E-state index in [1.165, 1.54) is 6.33 Å². The Kier molecular flexibility index (Phi) is 2.32. The second-order valence-corrected chi connectivity index (χ2v) is 3.16. The standard InChI is InChI=1S/C9H12N6/c1-6-8(10-3)13-7(2)14-9(6)15-5-11-4-12-15/h4-5H,1-3H3,(H,10,13,14). The van der Waals surface area contributed by atoms with Crippen LogP contribution < -0.4 is 5.32 Å². The van der Waals surface area contributed by atoms with Crippen molar-refractivity contribution in [2.75, 3.05) is 12.4 Å². The number of hydrogen-bond donors (Lipinski definition) is 1. The van der Waals surface area contributed by atoms with Gasteiger partial charge in [0.25, 0.3) is 0 Å². The molecule has 0 aliphatic heterocycles. The first-order valence-corrected chi connectivity index (χ1v) is 4.60. The van der Waals surface area contributed by atoms with Gasteiger partial charge in [0.1, 0.15) is 24.3 Å². The summed E-state index contributed by atoms with van der Waals surface area (Å²) < 4.78 is 1.63. The van der Waals surface area contributed by atoms with Crippen LogP contribution >= 0.6 is 0 Å². The fraction of sp³-hybridized carbons (Fsp3) is 0.333. The molecule has 2 aromatic heterocycles. The molecule has 0 saturated heterocycles. The maximum Gasteiger partial charge on any atom is 0.163 e. The van der Waals surface area contributed by atoms with Crippen molar-refractivity contribution in [2.45, 2.75) is 13.8 Å². The van der Waals surface area contributed by atoms with E-state index < -0.39 is 0 Å². The minimum atomic E-state index is 0.704. The average Bonchev–Trinajstić information content (AvgIpc) is 2.74. The van der Waals surface area contributed by atoms with Gasteiger partial charge in [0, 0.05) is 12.6 Å². The molecule has 0 atom stereocenters. The molecule has 2 rings (SSSR count). The first-order chi connectivity index (χ1) is 7.22. The van der Waals surface area contributed by atoms with Crippen LogP contribution in [0, 0.1) is 13.8 Å². The van der Waals surface area contributed by atoms with E-state index >= 15 is 0 Å². The van der Waals surface area contributed by atoms with Crippen molar-refractivity contribution >= 4 is 5.82 Å². The van der Waals surface area contributed by atoms with Crippen LogP contribution in [-0.4, -0.2) is 31.8 Å². The fourth-order valence-corrected chi connectivity index (χ4v) is 1.40. The molecule has 0 saturated carbocycles. The molecule has 1 N–H and O–H groups in total. The number of aromatic nitrogens is 5. The zero-order valence-corrected chi connectivity index (χ0v) is 8.89. The van der Waals surface area contributed by atoms with Crippen molar-refractivity contribution in [1.29, 1.82) is 0 Å². The summed E-state index contributed by atoms with van der Waals surface area (Å²) in [6.07, 6.45) is 3.10. The van der Waals surface area contributed by atoms with E-state index in [0.717, 1.165) is 17.2 Å². The Morgan fingerprint density at radius 2 is 2.07 bits per heavy atom. The zero-order chi connectivity index (χ0) is 10.8. The molecule has 0 amide bonds. The van der Waals surface area contributed by atoms with E-state index in [9.17, 15) is 0 Å². The summed E-state index contributed by atoms with van der Waals surface area (Å²) in [5.41, 5.74) is 0.952. The molecular weight excluding hydrogens is 192 g/mol. The SMILES string of the molecule is CNc1nc(C)nc(-n2cncn2)c1C. The maximum absolute atomic E-state index is 4.33. The summed E-state index contributed by atoms with van der Waals surface area (Å²) in [6, 6.07) is 0. The number of hydrogen-bond acceptors (Lipinski definition) is 5. The Bertz CT molecular complexity index is 462. The van der Waals surface area contributed by atoms with Gasteiger partial charge in [0.05, 0.1) is 0 Å². The second kappa shape index (κ2) is 3.64. The third-order valence-corrected chi connectivity index (χ3v) is 2.10. The van der Waals surface area contributed by atoms with Gasteiger partial charge < -0.3 is 5.32 Å². The first kappa shape index (κ1) is 9.57. The molecule has 15 heavy (non-hydrogen) atoms. The highest BCUT2D eigenvalue weighted by Gasteiger charge is 2.09. The van der Waals surface area contributed by atoms with Crippen molar-refractivity contribution < 1.29 is 0 Å². The minimum absolute atomic E-state index is 0.704. The monoisotopic (exact) mass is 204 g/mol. The zero-order valence-electron chi connectivity index (χ0n) is 8.89. The molecule has 0 unspecified atom stereocenters. The molecule has 6 heteroatoms. The molecule has 0 spiro atoms. The summed E-state index contributed by atoms with van der Waals surface area (Å²) in [5, 5.41) is 7.08. The summed E-state index contributed by atoms with van der Waals surface area (Å²) in [4.78, 5) is 12.5. The lowest BCUT2D eigenvalue weighted by molar-refractivity contribution is 0.817. The highest BCUT2D eigenvalue weighted by Crippen LogP contribution is 2.17. The van der Waals surface area contributed by atoms with Crippen LogP contribution in [0.2, 0.25) is 0 Å². The van der Waals surface area contributed by atoms with Gasteiger partial charge in [-0.05, 0) is 13.8 Å². The smallest absolute Gasteiger partial charge is 0.163 e. The Hall–Kier alpha value is -1.98. The van der Waals surface area contributed by atoms with Gasteiger partial charge in [-0.3, -0.25) is 0 Å². The van der Waals surface area contributed by atoms with Gasteiger partial charge in [0.2, 0.25) is 0 Å². The van der Waals surface area contributed by atoms with E-state index in [1.807, 2.05) is 20.9 Å². The first-order valence-electron chi connectivity index (χ1n) is 4.60. The lowest BCUT2D eigenvalue weighted by atomic mass is 10.3. The molecule has 2 heterocycles. The number of aryl methyl sites for hydroxylation is 1. The normalized spacial score (nSPS) is 10.3. The van der Waals surface area contributed by atoms with E-state index in [4.69, 9.17) is 0 Å². The van der Waals surface area contributed by atoms with Gasteiger partial charge in [-0.25, -0.2) is 19.6 Å². The van der Waals surface area contributed by atoms with Crippen LogP contribution in [0.3, 0.4) is 0 Å². The molecule has 78 valence electrons. The van der Waals surface area contributed by atoms with Gasteiger partial charge in [-0.2, -0.15) is 5.10 Å². The number of anilines is 1. The van der Waals surface area contributed by atoms with E-state index in [-0.39, 0.29) is 0 Å². The Morgan fingerprint density at radius 1 is 1.27 bits per heavy atom. The van der Waals surface area contributed by atoms with Gasteiger partial charge in [-0.15, -0.1) is 0 Å². The third kappa shape index (κ3) is 1.65. The molecule has 0 radical (unpaired) electrons. The average molecular weight is 204 g/mol. The van der Waals surface area contributed by atoms with Crippen LogP contribution in [0.1, 0.15) is 11.4 Å². The molecule has 0 fully saturated rings. The van der Waals surface area contributed by atoms with Crippen molar-refractivity contribution in [3.05, 3.63) is 24.0 Å².